The average Bonchev–Trinajstić information content (AvgIpc) is 2.43. The van der Waals surface area contributed by atoms with E-state index in [1.54, 1.807) is 0 Å². The monoisotopic (exact) mass is 311 g/mol. The maximum Gasteiger partial charge on any atom is 0.320 e. The van der Waals surface area contributed by atoms with E-state index in [1.165, 1.54) is 0 Å². The molecule has 0 spiro atoms. The smallest absolute Gasteiger partial charge is 0.320 e. The summed E-state index contributed by atoms with van der Waals surface area (Å²) in [5.74, 6) is -1.56. The van der Waals surface area contributed by atoms with E-state index in [0.717, 1.165) is 0 Å². The van der Waals surface area contributed by atoms with Gasteiger partial charge in [-0.3, -0.25) is 9.59 Å². The Kier molecular flexibility index (Phi) is 12.2. The number of carbonyl (C=O) groups is 2. The zero-order chi connectivity index (χ0) is 17.2. The van der Waals surface area contributed by atoms with Crippen LogP contribution in [0.5, 0.6) is 0 Å². The van der Waals surface area contributed by atoms with Gasteiger partial charge in [0, 0.05) is 0 Å². The Hall–Kier alpha value is -1.10. The first-order valence-electron chi connectivity index (χ1n) is 6.35. The number of hydrogen-bond donors (Lipinski definition) is 7. The van der Waals surface area contributed by atoms with Crippen molar-refractivity contribution in [1.82, 2.24) is 0 Å². The van der Waals surface area contributed by atoms with Crippen LogP contribution in [0.3, 0.4) is 0 Å². The third-order valence-electron chi connectivity index (χ3n) is 2.43. The number of carboxylic acids is 1. The number of aliphatic hydroxyl groups is 5. The van der Waals surface area contributed by atoms with E-state index in [1.807, 2.05) is 13.8 Å². The van der Waals surface area contributed by atoms with Crippen molar-refractivity contribution in [3.63, 3.8) is 0 Å². The second-order valence-electron chi connectivity index (χ2n) is 4.88. The fourth-order valence-corrected chi connectivity index (χ4v) is 1.21. The van der Waals surface area contributed by atoms with Gasteiger partial charge in [-0.1, -0.05) is 13.8 Å². The van der Waals surface area contributed by atoms with Crippen molar-refractivity contribution in [2.45, 2.75) is 44.6 Å². The van der Waals surface area contributed by atoms with Gasteiger partial charge in [0.25, 0.3) is 0 Å². The van der Waals surface area contributed by atoms with Gasteiger partial charge in [0.15, 0.2) is 5.78 Å². The summed E-state index contributed by atoms with van der Waals surface area (Å²) in [7, 11) is 0. The number of ketones is 1. The molecule has 0 aromatic heterocycles. The molecule has 0 amide bonds. The van der Waals surface area contributed by atoms with E-state index in [0.29, 0.717) is 12.3 Å². The lowest BCUT2D eigenvalue weighted by molar-refractivity contribution is -0.142. The normalized spacial score (nSPS) is 16.4. The van der Waals surface area contributed by atoms with Crippen molar-refractivity contribution in [1.29, 1.82) is 0 Å². The summed E-state index contributed by atoms with van der Waals surface area (Å²) in [6.07, 6.45) is -4.67. The van der Waals surface area contributed by atoms with Crippen LogP contribution in [0.25, 0.3) is 0 Å². The minimum absolute atomic E-state index is 0.357. The van der Waals surface area contributed by atoms with Gasteiger partial charge in [-0.05, 0) is 12.3 Å². The van der Waals surface area contributed by atoms with E-state index < -0.39 is 49.3 Å². The number of carboxylic acid groups (broad SMARTS) is 1. The Morgan fingerprint density at radius 1 is 1.10 bits per heavy atom. The second kappa shape index (κ2) is 11.5. The van der Waals surface area contributed by atoms with Gasteiger partial charge in [0.05, 0.1) is 6.61 Å². The predicted molar refractivity (Wildman–Crippen MR) is 72.3 cm³/mol. The number of hydrogen-bond acceptors (Lipinski definition) is 8. The Morgan fingerprint density at radius 3 is 1.81 bits per heavy atom. The highest BCUT2D eigenvalue weighted by Crippen LogP contribution is 2.02. The predicted octanol–water partition coefficient (Wildman–Crippen LogP) is -2.93. The molecule has 126 valence electrons. The third kappa shape index (κ3) is 10.3. The van der Waals surface area contributed by atoms with Crippen molar-refractivity contribution in [2.75, 3.05) is 13.2 Å². The standard InChI is InChI=1S/C6H13NO2.C6H12O6/c1-4(2)3-5(7)6(8)9;7-1-3(9)5(11)6(12)4(10)2-8/h4-5H,3,7H2,1-2H3,(H,8,9);3,5-9,11-12H,1-2H2/t5-;3-,5-,6-/m11/s1. The number of rotatable bonds is 8. The number of nitrogens with two attached hydrogens (primary N) is 1. The minimum Gasteiger partial charge on any atom is -0.480 e. The number of Topliss-reactive ketones (excluding diaryl/α,β-unsaturated/α-hetero) is 1. The Morgan fingerprint density at radius 2 is 1.57 bits per heavy atom. The summed E-state index contributed by atoms with van der Waals surface area (Å²) >= 11 is 0. The summed E-state index contributed by atoms with van der Waals surface area (Å²) in [5, 5.41) is 51.4. The molecule has 0 aliphatic heterocycles. The third-order valence-corrected chi connectivity index (χ3v) is 2.43. The molecule has 9 nitrogen and oxygen atoms in total. The van der Waals surface area contributed by atoms with Crippen LogP contribution < -0.4 is 5.73 Å². The minimum atomic E-state index is -1.86. The van der Waals surface area contributed by atoms with E-state index >= 15 is 0 Å². The average molecular weight is 311 g/mol. The van der Waals surface area contributed by atoms with Gasteiger partial charge >= 0.3 is 5.97 Å². The lowest BCUT2D eigenvalue weighted by atomic mass is 10.1. The summed E-state index contributed by atoms with van der Waals surface area (Å²) in [6.45, 7) is 2.21. The van der Waals surface area contributed by atoms with Crippen LogP contribution in [0, 0.1) is 5.92 Å². The molecule has 0 rings (SSSR count). The Labute approximate surface area is 122 Å². The van der Waals surface area contributed by atoms with Crippen molar-refractivity contribution in [3.05, 3.63) is 0 Å². The summed E-state index contributed by atoms with van der Waals surface area (Å²) in [5.41, 5.74) is 5.22. The molecule has 0 aromatic rings. The van der Waals surface area contributed by atoms with Crippen LogP contribution in [0.15, 0.2) is 0 Å². The van der Waals surface area contributed by atoms with Crippen LogP contribution in [-0.4, -0.2) is 80.0 Å². The van der Waals surface area contributed by atoms with Crippen molar-refractivity contribution >= 4 is 11.8 Å². The zero-order valence-electron chi connectivity index (χ0n) is 12.1. The highest BCUT2D eigenvalue weighted by Gasteiger charge is 2.28. The van der Waals surface area contributed by atoms with E-state index in [9.17, 15) is 9.59 Å². The van der Waals surface area contributed by atoms with E-state index in [-0.39, 0.29) is 0 Å². The SMILES string of the molecule is CC(C)C[C@@H](N)C(=O)O.O=C(CO)[C@@H](O)[C@H](O)[C@H](O)CO. The van der Waals surface area contributed by atoms with Crippen LogP contribution in [0.2, 0.25) is 0 Å². The molecule has 0 aliphatic rings. The molecule has 0 aliphatic carbocycles. The van der Waals surface area contributed by atoms with Crippen molar-refractivity contribution in [3.8, 4) is 0 Å². The molecule has 0 fully saturated rings. The topological polar surface area (TPSA) is 182 Å². The summed E-state index contributed by atoms with van der Waals surface area (Å²) in [6, 6.07) is -0.690. The van der Waals surface area contributed by atoms with Crippen LogP contribution in [0.1, 0.15) is 20.3 Å². The van der Waals surface area contributed by atoms with Gasteiger partial charge in [-0.2, -0.15) is 0 Å². The van der Waals surface area contributed by atoms with Crippen LogP contribution >= 0.6 is 0 Å². The first kappa shape index (κ1) is 22.2. The van der Waals surface area contributed by atoms with Crippen molar-refractivity contribution < 1.29 is 40.2 Å². The summed E-state index contributed by atoms with van der Waals surface area (Å²) < 4.78 is 0. The quantitative estimate of drug-likeness (QED) is 0.247. The molecular formula is C12H25NO8. The van der Waals surface area contributed by atoms with Gasteiger partial charge in [0.2, 0.25) is 0 Å². The molecule has 0 saturated heterocycles. The maximum atomic E-state index is 10.5. The molecule has 0 saturated carbocycles. The lowest BCUT2D eigenvalue weighted by Gasteiger charge is -2.19. The Balaban J connectivity index is 0. The molecule has 0 radical (unpaired) electrons. The fourth-order valence-electron chi connectivity index (χ4n) is 1.21. The maximum absolute atomic E-state index is 10.5. The fraction of sp³-hybridized carbons (Fsp3) is 0.833. The molecule has 21 heavy (non-hydrogen) atoms. The number of carbonyl (C=O) groups excluding carboxylic acids is 1. The highest BCUT2D eigenvalue weighted by molar-refractivity contribution is 5.84. The van der Waals surface area contributed by atoms with Gasteiger partial charge in [-0.25, -0.2) is 0 Å². The molecule has 9 heteroatoms. The van der Waals surface area contributed by atoms with Gasteiger partial charge in [-0.15, -0.1) is 0 Å². The second-order valence-corrected chi connectivity index (χ2v) is 4.88. The molecule has 0 unspecified atom stereocenters. The van der Waals surface area contributed by atoms with Crippen LogP contribution in [0.4, 0.5) is 0 Å². The Bertz CT molecular complexity index is 310. The first-order chi connectivity index (χ1) is 9.58. The molecule has 0 aromatic carbocycles. The molecule has 0 bridgehead atoms. The van der Waals surface area contributed by atoms with E-state index in [2.05, 4.69) is 0 Å². The number of aliphatic carboxylic acids is 1. The lowest BCUT2D eigenvalue weighted by Crippen LogP contribution is -2.44. The summed E-state index contributed by atoms with van der Waals surface area (Å²) in [4.78, 5) is 20.6. The number of aliphatic hydroxyl groups excluding tert-OH is 5. The molecular weight excluding hydrogens is 286 g/mol. The zero-order valence-corrected chi connectivity index (χ0v) is 12.1. The largest absolute Gasteiger partial charge is 0.480 e. The first-order valence-corrected chi connectivity index (χ1v) is 6.35. The van der Waals surface area contributed by atoms with Gasteiger partial charge in [0.1, 0.15) is 31.0 Å². The van der Waals surface area contributed by atoms with Crippen molar-refractivity contribution in [2.24, 2.45) is 11.7 Å². The van der Waals surface area contributed by atoms with Gasteiger partial charge < -0.3 is 36.4 Å². The van der Waals surface area contributed by atoms with E-state index in [4.69, 9.17) is 36.4 Å². The molecule has 4 atom stereocenters. The molecule has 0 heterocycles. The molecule has 8 N–H and O–H groups in total. The highest BCUT2D eigenvalue weighted by atomic mass is 16.4. The van der Waals surface area contributed by atoms with Crippen LogP contribution in [-0.2, 0) is 9.59 Å².